The summed E-state index contributed by atoms with van der Waals surface area (Å²) in [5.41, 5.74) is 0. The van der Waals surface area contributed by atoms with Gasteiger partial charge in [-0.25, -0.2) is 9.69 Å². The molecule has 0 aliphatic carbocycles. The number of carbonyl (C=O) groups is 2. The van der Waals surface area contributed by atoms with Gasteiger partial charge in [0.05, 0.1) is 18.6 Å². The number of hydrogen-bond donors (Lipinski definition) is 1. The molecule has 0 aromatic rings. The monoisotopic (exact) mass is 375 g/mol. The Bertz CT molecular complexity index is 513. The summed E-state index contributed by atoms with van der Waals surface area (Å²) in [5, 5.41) is 10.2. The number of methoxy groups -OCH3 is 3. The fraction of sp³-hybridized carbons (Fsp3) is 0.882. The van der Waals surface area contributed by atoms with Crippen LogP contribution in [0.25, 0.3) is 0 Å². The van der Waals surface area contributed by atoms with E-state index in [1.165, 1.54) is 21.3 Å². The second kappa shape index (κ2) is 8.62. The molecule has 2 aliphatic heterocycles. The molecule has 0 radical (unpaired) electrons. The Labute approximate surface area is 153 Å². The fourth-order valence-electron chi connectivity index (χ4n) is 3.46. The molecule has 2 aliphatic rings. The van der Waals surface area contributed by atoms with Crippen molar-refractivity contribution in [3.63, 3.8) is 0 Å². The molecule has 0 spiro atoms. The van der Waals surface area contributed by atoms with Gasteiger partial charge in [0.2, 0.25) is 5.91 Å². The van der Waals surface area contributed by atoms with Crippen LogP contribution in [0.15, 0.2) is 0 Å². The second-order valence-corrected chi connectivity index (χ2v) is 7.00. The third-order valence-corrected chi connectivity index (χ3v) is 5.01. The molecule has 150 valence electrons. The van der Waals surface area contributed by atoms with Crippen LogP contribution in [0.3, 0.4) is 0 Å². The van der Waals surface area contributed by atoms with E-state index in [0.29, 0.717) is 0 Å². The van der Waals surface area contributed by atoms with E-state index in [1.54, 1.807) is 20.8 Å². The molecular weight excluding hydrogens is 346 g/mol. The van der Waals surface area contributed by atoms with E-state index in [1.807, 2.05) is 0 Å². The Kier molecular flexibility index (Phi) is 6.98. The van der Waals surface area contributed by atoms with Gasteiger partial charge < -0.3 is 28.8 Å². The lowest BCUT2D eigenvalue weighted by molar-refractivity contribution is -0.153. The summed E-state index contributed by atoms with van der Waals surface area (Å²) in [6.45, 7) is 5.44. The molecule has 0 bridgehead atoms. The first-order chi connectivity index (χ1) is 12.3. The van der Waals surface area contributed by atoms with Gasteiger partial charge in [-0.05, 0) is 5.92 Å². The summed E-state index contributed by atoms with van der Waals surface area (Å²) in [4.78, 5) is 26.0. The Balaban J connectivity index is 2.22. The van der Waals surface area contributed by atoms with Gasteiger partial charge in [-0.15, -0.1) is 0 Å². The SMILES string of the molecule is COC[C@@H](OC)[C@H]1O[C@H]2[C@H](OC(=O)N2C(=O)[C@@H](C)[C@H](O)C(C)C)[C@H]1OC. The number of imide groups is 1. The number of carbonyl (C=O) groups excluding carboxylic acids is 2. The lowest BCUT2D eigenvalue weighted by Crippen LogP contribution is -2.47. The minimum absolute atomic E-state index is 0.132. The third kappa shape index (κ3) is 3.72. The van der Waals surface area contributed by atoms with Gasteiger partial charge in [-0.1, -0.05) is 20.8 Å². The van der Waals surface area contributed by atoms with Crippen LogP contribution >= 0.6 is 0 Å². The van der Waals surface area contributed by atoms with Crippen molar-refractivity contribution in [2.75, 3.05) is 27.9 Å². The zero-order chi connectivity index (χ0) is 19.6. The number of nitrogens with zero attached hydrogens (tertiary/aromatic N) is 1. The van der Waals surface area contributed by atoms with E-state index in [9.17, 15) is 14.7 Å². The highest BCUT2D eigenvalue weighted by Gasteiger charge is 2.60. The molecular formula is C17H29NO8. The van der Waals surface area contributed by atoms with Crippen LogP contribution < -0.4 is 0 Å². The maximum atomic E-state index is 12.8. The van der Waals surface area contributed by atoms with Gasteiger partial charge in [-0.3, -0.25) is 4.79 Å². The summed E-state index contributed by atoms with van der Waals surface area (Å²) >= 11 is 0. The molecule has 26 heavy (non-hydrogen) atoms. The Morgan fingerprint density at radius 3 is 2.42 bits per heavy atom. The first-order valence-corrected chi connectivity index (χ1v) is 8.70. The normalized spacial score (nSPS) is 31.7. The van der Waals surface area contributed by atoms with Crippen LogP contribution in [0.1, 0.15) is 20.8 Å². The van der Waals surface area contributed by atoms with E-state index in [2.05, 4.69) is 0 Å². The van der Waals surface area contributed by atoms with Crippen molar-refractivity contribution >= 4 is 12.0 Å². The van der Waals surface area contributed by atoms with Crippen LogP contribution in [0.5, 0.6) is 0 Å². The van der Waals surface area contributed by atoms with E-state index >= 15 is 0 Å². The van der Waals surface area contributed by atoms with Gasteiger partial charge in [-0.2, -0.15) is 0 Å². The minimum Gasteiger partial charge on any atom is -0.438 e. The highest BCUT2D eigenvalue weighted by Crippen LogP contribution is 2.37. The summed E-state index contributed by atoms with van der Waals surface area (Å²) in [7, 11) is 4.53. The zero-order valence-electron chi connectivity index (χ0n) is 16.1. The lowest BCUT2D eigenvalue weighted by atomic mass is 9.93. The molecule has 9 heteroatoms. The number of fused-ring (bicyclic) bond motifs is 1. The molecule has 9 nitrogen and oxygen atoms in total. The van der Waals surface area contributed by atoms with Crippen molar-refractivity contribution in [3.8, 4) is 0 Å². The summed E-state index contributed by atoms with van der Waals surface area (Å²) in [6, 6.07) is 0. The van der Waals surface area contributed by atoms with Crippen molar-refractivity contribution < 1.29 is 38.4 Å². The average molecular weight is 375 g/mol. The molecule has 7 atom stereocenters. The molecule has 2 heterocycles. The van der Waals surface area contributed by atoms with Crippen LogP contribution in [-0.4, -0.2) is 86.7 Å². The van der Waals surface area contributed by atoms with Gasteiger partial charge >= 0.3 is 6.09 Å². The van der Waals surface area contributed by atoms with Gasteiger partial charge in [0.15, 0.2) is 12.3 Å². The largest absolute Gasteiger partial charge is 0.438 e. The molecule has 1 N–H and O–H groups in total. The molecule has 2 saturated heterocycles. The number of aliphatic hydroxyl groups excluding tert-OH is 1. The third-order valence-electron chi connectivity index (χ3n) is 5.01. The second-order valence-electron chi connectivity index (χ2n) is 7.00. The van der Waals surface area contributed by atoms with Crippen LogP contribution in [0.4, 0.5) is 4.79 Å². The van der Waals surface area contributed by atoms with Crippen molar-refractivity contribution in [1.82, 2.24) is 4.90 Å². The maximum absolute atomic E-state index is 12.8. The van der Waals surface area contributed by atoms with Crippen LogP contribution in [0.2, 0.25) is 0 Å². The number of rotatable bonds is 8. The summed E-state index contributed by atoms with van der Waals surface area (Å²) in [6.07, 6.45) is -5.01. The molecule has 0 saturated carbocycles. The lowest BCUT2D eigenvalue weighted by Gasteiger charge is -2.28. The highest BCUT2D eigenvalue weighted by molar-refractivity contribution is 5.95. The van der Waals surface area contributed by atoms with E-state index in [4.69, 9.17) is 23.7 Å². The van der Waals surface area contributed by atoms with Crippen LogP contribution in [0, 0.1) is 11.8 Å². The summed E-state index contributed by atoms with van der Waals surface area (Å²) in [5.74, 6) is -1.45. The van der Waals surface area contributed by atoms with Crippen molar-refractivity contribution in [1.29, 1.82) is 0 Å². The zero-order valence-corrected chi connectivity index (χ0v) is 16.1. The smallest absolute Gasteiger partial charge is 0.419 e. The summed E-state index contributed by atoms with van der Waals surface area (Å²) < 4.78 is 27.3. The number of aliphatic hydroxyl groups is 1. The molecule has 0 aromatic carbocycles. The quantitative estimate of drug-likeness (QED) is 0.650. The van der Waals surface area contributed by atoms with Gasteiger partial charge in [0, 0.05) is 21.3 Å². The van der Waals surface area contributed by atoms with Crippen LogP contribution in [-0.2, 0) is 28.5 Å². The van der Waals surface area contributed by atoms with Gasteiger partial charge in [0.25, 0.3) is 0 Å². The molecule has 0 aromatic heterocycles. The Morgan fingerprint density at radius 1 is 1.27 bits per heavy atom. The molecule has 2 fully saturated rings. The van der Waals surface area contributed by atoms with Crippen molar-refractivity contribution in [3.05, 3.63) is 0 Å². The fourth-order valence-corrected chi connectivity index (χ4v) is 3.46. The Hall–Kier alpha value is -1.26. The number of hydrogen-bond acceptors (Lipinski definition) is 8. The molecule has 2 rings (SSSR count). The number of ether oxygens (including phenoxy) is 5. The van der Waals surface area contributed by atoms with E-state index in [0.717, 1.165) is 4.90 Å². The predicted octanol–water partition coefficient (Wildman–Crippen LogP) is 0.388. The predicted molar refractivity (Wildman–Crippen MR) is 89.3 cm³/mol. The first kappa shape index (κ1) is 21.0. The topological polar surface area (TPSA) is 104 Å². The van der Waals surface area contributed by atoms with E-state index < -0.39 is 54.7 Å². The average Bonchev–Trinajstić information content (AvgIpc) is 3.11. The highest BCUT2D eigenvalue weighted by atomic mass is 16.7. The minimum atomic E-state index is -0.929. The van der Waals surface area contributed by atoms with Crippen molar-refractivity contribution in [2.24, 2.45) is 11.8 Å². The first-order valence-electron chi connectivity index (χ1n) is 8.70. The number of amides is 2. The molecule has 0 unspecified atom stereocenters. The Morgan fingerprint density at radius 2 is 1.92 bits per heavy atom. The van der Waals surface area contributed by atoms with Crippen molar-refractivity contribution in [2.45, 2.75) is 57.5 Å². The van der Waals surface area contributed by atoms with Gasteiger partial charge in [0.1, 0.15) is 18.3 Å². The standard InChI is InChI=1S/C17H29NO8/c1-8(2)11(19)9(3)15(20)18-16-14(26-17(18)21)13(24-6)12(25-16)10(23-5)7-22-4/h8-14,16,19H,7H2,1-6H3/t9-,10+,11+,12+,13-,14+,16-/m0/s1. The maximum Gasteiger partial charge on any atom is 0.419 e. The molecule has 2 amide bonds. The van der Waals surface area contributed by atoms with E-state index in [-0.39, 0.29) is 12.5 Å².